The number of rotatable bonds is 2. The molecule has 16 heavy (non-hydrogen) atoms. The summed E-state index contributed by atoms with van der Waals surface area (Å²) in [6.07, 6.45) is 3.12. The average Bonchev–Trinajstić information content (AvgIpc) is 2.25. The Morgan fingerprint density at radius 2 is 2.50 bits per heavy atom. The Labute approximate surface area is 102 Å². The topological polar surface area (TPSA) is 47.4 Å². The maximum absolute atomic E-state index is 11.7. The predicted molar refractivity (Wildman–Crippen MR) is 63.4 cm³/mol. The number of aromatic nitrogens is 2. The van der Waals surface area contributed by atoms with Crippen LogP contribution >= 0.6 is 15.9 Å². The van der Waals surface area contributed by atoms with Crippen molar-refractivity contribution in [3.8, 4) is 0 Å². The van der Waals surface area contributed by atoms with Crippen LogP contribution in [0.15, 0.2) is 21.8 Å². The first-order chi connectivity index (χ1) is 7.66. The molecule has 1 aromatic rings. The van der Waals surface area contributed by atoms with Crippen LogP contribution in [0.4, 0.5) is 0 Å². The lowest BCUT2D eigenvalue weighted by atomic mass is 10.3. The second-order valence-electron chi connectivity index (χ2n) is 3.95. The van der Waals surface area contributed by atoms with Gasteiger partial charge in [-0.3, -0.25) is 9.36 Å². The fraction of sp³-hybridized carbons (Fsp3) is 0.600. The summed E-state index contributed by atoms with van der Waals surface area (Å²) in [5.41, 5.74) is -0.0631. The first-order valence-electron chi connectivity index (χ1n) is 5.17. The fourth-order valence-electron chi connectivity index (χ4n) is 1.75. The smallest absolute Gasteiger partial charge is 0.267 e. The molecule has 1 fully saturated rings. The number of ether oxygens (including phenoxy) is 1. The molecule has 0 amide bonds. The van der Waals surface area contributed by atoms with Crippen LogP contribution in [0, 0.1) is 0 Å². The van der Waals surface area contributed by atoms with Gasteiger partial charge in [-0.1, -0.05) is 0 Å². The van der Waals surface area contributed by atoms with Gasteiger partial charge in [0.15, 0.2) is 0 Å². The second-order valence-corrected chi connectivity index (χ2v) is 4.81. The van der Waals surface area contributed by atoms with E-state index in [4.69, 9.17) is 4.74 Å². The monoisotopic (exact) mass is 287 g/mol. The molecule has 0 spiro atoms. The van der Waals surface area contributed by atoms with Gasteiger partial charge >= 0.3 is 0 Å². The molecular formula is C10H14BrN3O2. The van der Waals surface area contributed by atoms with Gasteiger partial charge in [0, 0.05) is 19.3 Å². The van der Waals surface area contributed by atoms with Gasteiger partial charge in [0.25, 0.3) is 5.56 Å². The molecule has 1 atom stereocenters. The Morgan fingerprint density at radius 1 is 1.69 bits per heavy atom. The van der Waals surface area contributed by atoms with Crippen molar-refractivity contribution in [2.24, 2.45) is 0 Å². The summed E-state index contributed by atoms with van der Waals surface area (Å²) in [5, 5.41) is 0. The van der Waals surface area contributed by atoms with Crippen molar-refractivity contribution in [1.82, 2.24) is 14.5 Å². The predicted octanol–water partition coefficient (Wildman–Crippen LogP) is 0.336. The molecule has 0 N–H and O–H groups in total. The molecule has 1 unspecified atom stereocenters. The van der Waals surface area contributed by atoms with Crippen molar-refractivity contribution in [3.05, 3.63) is 27.4 Å². The molecule has 1 aliphatic rings. The summed E-state index contributed by atoms with van der Waals surface area (Å²) >= 11 is 3.18. The van der Waals surface area contributed by atoms with Crippen LogP contribution in [-0.2, 0) is 11.3 Å². The van der Waals surface area contributed by atoms with E-state index < -0.39 is 0 Å². The molecule has 0 radical (unpaired) electrons. The van der Waals surface area contributed by atoms with Gasteiger partial charge in [0.1, 0.15) is 4.47 Å². The summed E-state index contributed by atoms with van der Waals surface area (Å²) in [6, 6.07) is 0. The van der Waals surface area contributed by atoms with E-state index in [0.29, 0.717) is 11.0 Å². The van der Waals surface area contributed by atoms with E-state index in [1.54, 1.807) is 10.9 Å². The molecule has 5 nitrogen and oxygen atoms in total. The first-order valence-corrected chi connectivity index (χ1v) is 5.96. The number of morpholine rings is 1. The fourth-order valence-corrected chi connectivity index (χ4v) is 2.10. The summed E-state index contributed by atoms with van der Waals surface area (Å²) in [7, 11) is 2.05. The molecule has 2 heterocycles. The van der Waals surface area contributed by atoms with Crippen LogP contribution in [-0.4, -0.2) is 47.3 Å². The van der Waals surface area contributed by atoms with Crippen LogP contribution in [0.25, 0.3) is 0 Å². The van der Waals surface area contributed by atoms with E-state index in [9.17, 15) is 4.79 Å². The normalized spacial score (nSPS) is 22.2. The minimum atomic E-state index is -0.0631. The van der Waals surface area contributed by atoms with Crippen molar-refractivity contribution in [3.63, 3.8) is 0 Å². The maximum Gasteiger partial charge on any atom is 0.267 e. The zero-order valence-electron chi connectivity index (χ0n) is 9.10. The number of halogens is 1. The van der Waals surface area contributed by atoms with E-state index in [1.165, 1.54) is 6.20 Å². The highest BCUT2D eigenvalue weighted by Gasteiger charge is 2.18. The van der Waals surface area contributed by atoms with Crippen molar-refractivity contribution < 1.29 is 4.74 Å². The molecule has 0 saturated carbocycles. The van der Waals surface area contributed by atoms with Gasteiger partial charge in [-0.2, -0.15) is 0 Å². The van der Waals surface area contributed by atoms with Gasteiger partial charge in [-0.15, -0.1) is 0 Å². The largest absolute Gasteiger partial charge is 0.374 e. The highest BCUT2D eigenvalue weighted by atomic mass is 79.9. The van der Waals surface area contributed by atoms with Gasteiger partial charge in [0.2, 0.25) is 0 Å². The van der Waals surface area contributed by atoms with E-state index in [2.05, 4.69) is 32.9 Å². The van der Waals surface area contributed by atoms with Crippen LogP contribution in [0.5, 0.6) is 0 Å². The van der Waals surface area contributed by atoms with Gasteiger partial charge in [0.05, 0.1) is 25.6 Å². The average molecular weight is 288 g/mol. The lowest BCUT2D eigenvalue weighted by molar-refractivity contribution is -0.0280. The van der Waals surface area contributed by atoms with Crippen LogP contribution < -0.4 is 5.56 Å². The van der Waals surface area contributed by atoms with Crippen molar-refractivity contribution in [2.45, 2.75) is 12.6 Å². The number of likely N-dealkylation sites (N-methyl/N-ethyl adjacent to an activating group) is 1. The van der Waals surface area contributed by atoms with Crippen LogP contribution in [0.1, 0.15) is 0 Å². The van der Waals surface area contributed by atoms with Crippen LogP contribution in [0.3, 0.4) is 0 Å². The summed E-state index contributed by atoms with van der Waals surface area (Å²) in [5.74, 6) is 0. The molecule has 0 aliphatic carbocycles. The molecule has 2 rings (SSSR count). The number of nitrogens with zero attached hydrogens (tertiary/aromatic N) is 3. The minimum Gasteiger partial charge on any atom is -0.374 e. The van der Waals surface area contributed by atoms with Crippen molar-refractivity contribution in [2.75, 3.05) is 26.7 Å². The molecule has 1 saturated heterocycles. The highest BCUT2D eigenvalue weighted by molar-refractivity contribution is 9.10. The quantitative estimate of drug-likeness (QED) is 0.787. The Morgan fingerprint density at radius 3 is 3.25 bits per heavy atom. The third-order valence-corrected chi connectivity index (χ3v) is 3.15. The molecular weight excluding hydrogens is 274 g/mol. The van der Waals surface area contributed by atoms with E-state index in [0.717, 1.165) is 19.7 Å². The Bertz CT molecular complexity index is 421. The third kappa shape index (κ3) is 2.69. The SMILES string of the molecule is CN1CCOC(Cn2cncc(Br)c2=O)C1. The Balaban J connectivity index is 2.09. The standard InChI is InChI=1S/C10H14BrN3O2/c1-13-2-3-16-8(5-13)6-14-7-12-4-9(11)10(14)15/h4,7-8H,2-3,5-6H2,1H3. The maximum atomic E-state index is 11.7. The van der Waals surface area contributed by atoms with E-state index >= 15 is 0 Å². The zero-order valence-corrected chi connectivity index (χ0v) is 10.7. The second kappa shape index (κ2) is 5.07. The van der Waals surface area contributed by atoms with Gasteiger partial charge in [-0.05, 0) is 23.0 Å². The number of hydrogen-bond donors (Lipinski definition) is 0. The van der Waals surface area contributed by atoms with E-state index in [1.807, 2.05) is 0 Å². The third-order valence-electron chi connectivity index (χ3n) is 2.60. The summed E-state index contributed by atoms with van der Waals surface area (Å²) < 4.78 is 7.67. The Hall–Kier alpha value is -0.720. The summed E-state index contributed by atoms with van der Waals surface area (Å²) in [4.78, 5) is 17.9. The molecule has 1 aromatic heterocycles. The van der Waals surface area contributed by atoms with Crippen LogP contribution in [0.2, 0.25) is 0 Å². The molecule has 0 bridgehead atoms. The van der Waals surface area contributed by atoms with Crippen molar-refractivity contribution >= 4 is 15.9 Å². The van der Waals surface area contributed by atoms with Gasteiger partial charge in [-0.25, -0.2) is 4.98 Å². The molecule has 88 valence electrons. The lowest BCUT2D eigenvalue weighted by Crippen LogP contribution is -2.43. The Kier molecular flexibility index (Phi) is 3.73. The van der Waals surface area contributed by atoms with E-state index in [-0.39, 0.29) is 11.7 Å². The minimum absolute atomic E-state index is 0.0625. The summed E-state index contributed by atoms with van der Waals surface area (Å²) in [6.45, 7) is 3.06. The molecule has 6 heteroatoms. The molecule has 1 aliphatic heterocycles. The first kappa shape index (κ1) is 11.8. The highest BCUT2D eigenvalue weighted by Crippen LogP contribution is 2.05. The molecule has 0 aromatic carbocycles. The zero-order chi connectivity index (χ0) is 11.5. The number of hydrogen-bond acceptors (Lipinski definition) is 4. The van der Waals surface area contributed by atoms with Crippen molar-refractivity contribution in [1.29, 1.82) is 0 Å². The lowest BCUT2D eigenvalue weighted by Gasteiger charge is -2.30. The van der Waals surface area contributed by atoms with Gasteiger partial charge < -0.3 is 9.64 Å².